The van der Waals surface area contributed by atoms with Gasteiger partial charge in [0.25, 0.3) is 5.91 Å². The summed E-state index contributed by atoms with van der Waals surface area (Å²) < 4.78 is 10.6. The Balaban J connectivity index is 1.43. The summed E-state index contributed by atoms with van der Waals surface area (Å²) in [7, 11) is 1.71. The number of carbonyl (C=O) groups is 5. The minimum Gasteiger partial charge on any atom is -0.445 e. The van der Waals surface area contributed by atoms with E-state index in [4.69, 9.17) is 15.2 Å². The van der Waals surface area contributed by atoms with E-state index in [1.54, 1.807) is 16.8 Å². The molecule has 1 aliphatic heterocycles. The average molecular weight is 758 g/mol. The largest absolute Gasteiger partial charge is 0.445 e. The van der Waals surface area contributed by atoms with E-state index in [2.05, 4.69) is 10.6 Å². The van der Waals surface area contributed by atoms with Crippen molar-refractivity contribution in [2.45, 2.75) is 89.8 Å². The summed E-state index contributed by atoms with van der Waals surface area (Å²) in [4.78, 5) is 68.6. The van der Waals surface area contributed by atoms with Crippen LogP contribution in [0.2, 0.25) is 0 Å². The van der Waals surface area contributed by atoms with Crippen LogP contribution in [0, 0.1) is 11.8 Å². The maximum absolute atomic E-state index is 14.2. The first-order valence-electron chi connectivity index (χ1n) is 18.9. The van der Waals surface area contributed by atoms with Crippen LogP contribution in [-0.2, 0) is 43.3 Å². The number of nitrogens with two attached hydrogens (primary N) is 1. The summed E-state index contributed by atoms with van der Waals surface area (Å²) in [6.45, 7) is 6.07. The number of primary amides is 1. The summed E-state index contributed by atoms with van der Waals surface area (Å²) in [5.41, 5.74) is 7.85. The highest BCUT2D eigenvalue weighted by atomic mass is 16.6. The normalized spacial score (nSPS) is 15.9. The number of hydrogen-bond acceptors (Lipinski definition) is 8. The Bertz CT molecular complexity index is 1690. The van der Waals surface area contributed by atoms with Crippen molar-refractivity contribution in [3.05, 3.63) is 108 Å². The van der Waals surface area contributed by atoms with Gasteiger partial charge in [-0.25, -0.2) is 9.59 Å². The Morgan fingerprint density at radius 3 is 1.87 bits per heavy atom. The molecule has 5 amide bonds. The second-order valence-corrected chi connectivity index (χ2v) is 14.5. The van der Waals surface area contributed by atoms with Crippen LogP contribution in [-0.4, -0.2) is 95.3 Å². The zero-order valence-corrected chi connectivity index (χ0v) is 32.1. The maximum atomic E-state index is 14.2. The molecule has 0 radical (unpaired) electrons. The number of aliphatic hydroxyl groups is 1. The standard InChI is InChI=1S/C42H55N5O8/c1-28(2)37(40(51)47-22-20-34(21-23-47)46(4)42(53)54-27-32-18-12-7-13-19-32)45-39(50)33(24-30-14-8-5-9-15-30)26-36(48)35(25-31-16-10-6-11-17-31)44-41(52)55-29(3)38(43)49/h5-19,28-29,33-37,48H,20-27H2,1-4H3,(H2,43,49)(H,44,52)(H,45,50)/t29-,33?,35+,36-,37-/m0/s1. The molecular formula is C42H55N5O8. The van der Waals surface area contributed by atoms with Gasteiger partial charge in [-0.2, -0.15) is 0 Å². The highest BCUT2D eigenvalue weighted by Gasteiger charge is 2.36. The number of aliphatic hydroxyl groups excluding tert-OH is 1. The Labute approximate surface area is 323 Å². The molecule has 3 aromatic carbocycles. The first-order valence-corrected chi connectivity index (χ1v) is 18.9. The summed E-state index contributed by atoms with van der Waals surface area (Å²) in [5.74, 6) is -2.48. The smallest absolute Gasteiger partial charge is 0.410 e. The molecule has 0 saturated carbocycles. The van der Waals surface area contributed by atoms with Crippen LogP contribution in [0.15, 0.2) is 91.0 Å². The minimum atomic E-state index is -1.22. The molecule has 0 bridgehead atoms. The van der Waals surface area contributed by atoms with Crippen molar-refractivity contribution >= 4 is 29.9 Å². The molecule has 296 valence electrons. The minimum absolute atomic E-state index is 0.0546. The van der Waals surface area contributed by atoms with Crippen LogP contribution in [0.3, 0.4) is 0 Å². The van der Waals surface area contributed by atoms with Crippen LogP contribution in [0.5, 0.6) is 0 Å². The Kier molecular flexibility index (Phi) is 16.1. The molecule has 5 N–H and O–H groups in total. The van der Waals surface area contributed by atoms with Crippen LogP contribution in [0.4, 0.5) is 9.59 Å². The van der Waals surface area contributed by atoms with Crippen LogP contribution < -0.4 is 16.4 Å². The van der Waals surface area contributed by atoms with Gasteiger partial charge < -0.3 is 40.7 Å². The topological polar surface area (TPSA) is 181 Å². The SMILES string of the molecule is CC(C)[C@H](NC(=O)C(Cc1ccccc1)C[C@H](O)[C@@H](Cc1ccccc1)NC(=O)O[C@@H](C)C(N)=O)C(=O)N1CCC(N(C)C(=O)OCc2ccccc2)CC1. The fourth-order valence-corrected chi connectivity index (χ4v) is 6.62. The van der Waals surface area contributed by atoms with E-state index in [0.29, 0.717) is 25.9 Å². The fourth-order valence-electron chi connectivity index (χ4n) is 6.62. The van der Waals surface area contributed by atoms with Crippen LogP contribution in [0.1, 0.15) is 56.7 Å². The zero-order chi connectivity index (χ0) is 39.9. The number of nitrogens with zero attached hydrogens (tertiary/aromatic N) is 2. The highest BCUT2D eigenvalue weighted by Crippen LogP contribution is 2.22. The van der Waals surface area contributed by atoms with Crippen LogP contribution >= 0.6 is 0 Å². The van der Waals surface area contributed by atoms with Crippen molar-refractivity contribution in [1.82, 2.24) is 20.4 Å². The van der Waals surface area contributed by atoms with Gasteiger partial charge in [-0.1, -0.05) is 105 Å². The van der Waals surface area contributed by atoms with E-state index in [9.17, 15) is 29.1 Å². The number of likely N-dealkylation sites (tertiary alicyclic amines) is 1. The molecule has 13 nitrogen and oxygen atoms in total. The summed E-state index contributed by atoms with van der Waals surface area (Å²) in [6, 6.07) is 26.2. The lowest BCUT2D eigenvalue weighted by molar-refractivity contribution is -0.140. The second kappa shape index (κ2) is 20.9. The second-order valence-electron chi connectivity index (χ2n) is 14.5. The fraction of sp³-hybridized carbons (Fsp3) is 0.452. The number of amides is 5. The van der Waals surface area contributed by atoms with Crippen molar-refractivity contribution in [3.8, 4) is 0 Å². The number of ether oxygens (including phenoxy) is 2. The summed E-state index contributed by atoms with van der Waals surface area (Å²) in [5, 5.41) is 17.3. The number of piperidine rings is 1. The molecule has 0 aliphatic carbocycles. The van der Waals surface area contributed by atoms with E-state index in [0.717, 1.165) is 16.7 Å². The first-order chi connectivity index (χ1) is 26.3. The number of benzene rings is 3. The molecule has 1 unspecified atom stereocenters. The van der Waals surface area contributed by atoms with Gasteiger partial charge in [-0.3, -0.25) is 14.4 Å². The summed E-state index contributed by atoms with van der Waals surface area (Å²) >= 11 is 0. The molecule has 55 heavy (non-hydrogen) atoms. The molecule has 1 aliphatic rings. The molecule has 3 aromatic rings. The average Bonchev–Trinajstić information content (AvgIpc) is 3.18. The van der Waals surface area contributed by atoms with Gasteiger partial charge in [0.1, 0.15) is 12.6 Å². The highest BCUT2D eigenvalue weighted by molar-refractivity contribution is 5.89. The maximum Gasteiger partial charge on any atom is 0.410 e. The van der Waals surface area contributed by atoms with Gasteiger partial charge in [0, 0.05) is 32.1 Å². The molecule has 0 aromatic heterocycles. The molecule has 1 heterocycles. The predicted octanol–water partition coefficient (Wildman–Crippen LogP) is 4.21. The van der Waals surface area contributed by atoms with Gasteiger partial charge in [-0.15, -0.1) is 0 Å². The number of nitrogens with one attached hydrogen (secondary N) is 2. The van der Waals surface area contributed by atoms with Crippen molar-refractivity contribution in [2.24, 2.45) is 17.6 Å². The van der Waals surface area contributed by atoms with Gasteiger partial charge in [-0.05, 0) is 61.6 Å². The van der Waals surface area contributed by atoms with Gasteiger partial charge in [0.15, 0.2) is 6.10 Å². The van der Waals surface area contributed by atoms with E-state index >= 15 is 0 Å². The molecule has 4 rings (SSSR count). The molecule has 5 atom stereocenters. The lowest BCUT2D eigenvalue weighted by Crippen LogP contribution is -2.56. The third-order valence-corrected chi connectivity index (χ3v) is 10.0. The number of rotatable bonds is 17. The molecular weight excluding hydrogens is 702 g/mol. The Morgan fingerprint density at radius 2 is 1.35 bits per heavy atom. The predicted molar refractivity (Wildman–Crippen MR) is 207 cm³/mol. The van der Waals surface area contributed by atoms with E-state index in [1.165, 1.54) is 6.92 Å². The van der Waals surface area contributed by atoms with E-state index in [-0.39, 0.29) is 43.7 Å². The third-order valence-electron chi connectivity index (χ3n) is 10.0. The van der Waals surface area contributed by atoms with Gasteiger partial charge >= 0.3 is 12.2 Å². The number of alkyl carbamates (subject to hydrolysis) is 1. The molecule has 1 saturated heterocycles. The quantitative estimate of drug-likeness (QED) is 0.158. The van der Waals surface area contributed by atoms with Gasteiger partial charge in [0.05, 0.1) is 12.1 Å². The molecule has 0 spiro atoms. The van der Waals surface area contributed by atoms with Crippen molar-refractivity contribution in [3.63, 3.8) is 0 Å². The van der Waals surface area contributed by atoms with E-state index in [1.807, 2.05) is 105 Å². The summed E-state index contributed by atoms with van der Waals surface area (Å²) in [6.07, 6.45) is -2.23. The molecule has 1 fully saturated rings. The lowest BCUT2D eigenvalue weighted by Gasteiger charge is -2.38. The Hall–Kier alpha value is -5.43. The van der Waals surface area contributed by atoms with Crippen molar-refractivity contribution in [1.29, 1.82) is 0 Å². The third kappa shape index (κ3) is 13.1. The number of hydrogen-bond donors (Lipinski definition) is 4. The first kappa shape index (κ1) is 42.3. The van der Waals surface area contributed by atoms with Crippen molar-refractivity contribution < 1.29 is 38.6 Å². The van der Waals surface area contributed by atoms with Crippen molar-refractivity contribution in [2.75, 3.05) is 20.1 Å². The molecule has 13 heteroatoms. The number of carbonyl (C=O) groups excluding carboxylic acids is 5. The zero-order valence-electron chi connectivity index (χ0n) is 32.1. The van der Waals surface area contributed by atoms with E-state index < -0.39 is 54.2 Å². The van der Waals surface area contributed by atoms with Crippen LogP contribution in [0.25, 0.3) is 0 Å². The Morgan fingerprint density at radius 1 is 0.818 bits per heavy atom. The lowest BCUT2D eigenvalue weighted by atomic mass is 9.88. The monoisotopic (exact) mass is 757 g/mol. The van der Waals surface area contributed by atoms with Gasteiger partial charge in [0.2, 0.25) is 11.8 Å².